The van der Waals surface area contributed by atoms with Crippen LogP contribution in [-0.2, 0) is 28.8 Å². The molecule has 0 aliphatic rings. The van der Waals surface area contributed by atoms with E-state index in [4.69, 9.17) is 28.7 Å². The molecule has 5 amide bonds. The molecule has 0 heterocycles. The van der Waals surface area contributed by atoms with Crippen LogP contribution in [0.2, 0.25) is 0 Å². The van der Waals surface area contributed by atoms with E-state index < -0.39 is 66.1 Å². The number of carbonyl (C=O) groups is 6. The highest BCUT2D eigenvalue weighted by Gasteiger charge is 2.29. The molecule has 4 atom stereocenters. The van der Waals surface area contributed by atoms with Crippen molar-refractivity contribution in [3.05, 3.63) is 0 Å². The Bertz CT molecular complexity index is 799. The minimum atomic E-state index is -1.33. The number of aliphatic carboxylic acids is 1. The van der Waals surface area contributed by atoms with Crippen molar-refractivity contribution < 1.29 is 33.9 Å². The van der Waals surface area contributed by atoms with Crippen LogP contribution in [0.25, 0.3) is 0 Å². The van der Waals surface area contributed by atoms with Crippen LogP contribution in [-0.4, -0.2) is 77.3 Å². The molecule has 192 valence electrons. The van der Waals surface area contributed by atoms with E-state index in [0.29, 0.717) is 0 Å². The fourth-order valence-electron chi connectivity index (χ4n) is 2.58. The van der Waals surface area contributed by atoms with Gasteiger partial charge in [-0.15, -0.1) is 0 Å². The zero-order chi connectivity index (χ0) is 26.4. The Morgan fingerprint density at radius 2 is 1.41 bits per heavy atom. The number of primary amides is 2. The summed E-state index contributed by atoms with van der Waals surface area (Å²) in [6.07, 6.45) is -0.732. The molecule has 4 unspecified atom stereocenters. The van der Waals surface area contributed by atoms with E-state index in [9.17, 15) is 33.9 Å². The Kier molecular flexibility index (Phi) is 13.2. The van der Waals surface area contributed by atoms with Crippen LogP contribution >= 0.6 is 0 Å². The zero-order valence-electron chi connectivity index (χ0n) is 18.8. The molecule has 0 aliphatic heterocycles. The quantitative estimate of drug-likeness (QED) is 0.0567. The molecule has 14 N–H and O–H groups in total. The number of aliphatic imine (C=N–C) groups is 1. The highest BCUT2D eigenvalue weighted by Crippen LogP contribution is 2.04. The van der Waals surface area contributed by atoms with Crippen molar-refractivity contribution >= 4 is 41.5 Å². The highest BCUT2D eigenvalue weighted by molar-refractivity contribution is 5.95. The van der Waals surface area contributed by atoms with Crippen LogP contribution in [0, 0.1) is 0 Å². The Morgan fingerprint density at radius 1 is 0.824 bits per heavy atom. The number of nitrogens with one attached hydrogen (secondary N) is 3. The summed E-state index contributed by atoms with van der Waals surface area (Å²) in [5, 5.41) is 16.2. The maximum Gasteiger partial charge on any atom is 0.326 e. The lowest BCUT2D eigenvalue weighted by Gasteiger charge is -2.23. The maximum absolute atomic E-state index is 12.7. The summed E-state index contributed by atoms with van der Waals surface area (Å²) < 4.78 is 0. The van der Waals surface area contributed by atoms with Gasteiger partial charge >= 0.3 is 5.97 Å². The van der Waals surface area contributed by atoms with Crippen molar-refractivity contribution in [1.82, 2.24) is 16.0 Å². The normalized spacial score (nSPS) is 13.9. The summed E-state index contributed by atoms with van der Waals surface area (Å²) in [6, 6.07) is -5.13. The molecule has 0 fully saturated rings. The molecule has 0 rings (SSSR count). The van der Waals surface area contributed by atoms with Crippen LogP contribution in [0.4, 0.5) is 0 Å². The molecule has 16 heteroatoms. The number of rotatable bonds is 16. The maximum atomic E-state index is 12.7. The van der Waals surface area contributed by atoms with Gasteiger partial charge in [0.15, 0.2) is 5.96 Å². The van der Waals surface area contributed by atoms with E-state index in [0.717, 1.165) is 0 Å². The van der Waals surface area contributed by atoms with E-state index in [1.165, 1.54) is 6.92 Å². The number of carboxylic acid groups (broad SMARTS) is 1. The van der Waals surface area contributed by atoms with Crippen molar-refractivity contribution in [3.63, 3.8) is 0 Å². The average molecular weight is 488 g/mol. The molecule has 0 aromatic rings. The number of guanidine groups is 1. The van der Waals surface area contributed by atoms with Crippen LogP contribution < -0.4 is 44.6 Å². The van der Waals surface area contributed by atoms with Crippen LogP contribution in [0.1, 0.15) is 39.0 Å². The third kappa shape index (κ3) is 12.8. The highest BCUT2D eigenvalue weighted by atomic mass is 16.4. The molecule has 16 nitrogen and oxygen atoms in total. The van der Waals surface area contributed by atoms with Crippen molar-refractivity contribution in [1.29, 1.82) is 0 Å². The van der Waals surface area contributed by atoms with Gasteiger partial charge < -0.3 is 49.7 Å². The lowest BCUT2D eigenvalue weighted by molar-refractivity contribution is -0.142. The molecule has 34 heavy (non-hydrogen) atoms. The lowest BCUT2D eigenvalue weighted by atomic mass is 10.1. The first-order valence-corrected chi connectivity index (χ1v) is 10.3. The third-order valence-corrected chi connectivity index (χ3v) is 4.38. The number of nitrogens with two attached hydrogens (primary N) is 5. The van der Waals surface area contributed by atoms with Gasteiger partial charge in [0, 0.05) is 13.0 Å². The minimum Gasteiger partial charge on any atom is -0.480 e. The van der Waals surface area contributed by atoms with Crippen molar-refractivity contribution in [2.24, 2.45) is 33.7 Å². The predicted octanol–water partition coefficient (Wildman–Crippen LogP) is -4.93. The van der Waals surface area contributed by atoms with Gasteiger partial charge in [0.05, 0.1) is 12.5 Å². The summed E-state index contributed by atoms with van der Waals surface area (Å²) >= 11 is 0. The lowest BCUT2D eigenvalue weighted by Crippen LogP contribution is -2.56. The zero-order valence-corrected chi connectivity index (χ0v) is 18.8. The predicted molar refractivity (Wildman–Crippen MR) is 119 cm³/mol. The number of hydrogen-bond donors (Lipinski definition) is 9. The van der Waals surface area contributed by atoms with Gasteiger partial charge in [-0.3, -0.25) is 29.0 Å². The second-order valence-corrected chi connectivity index (χ2v) is 7.42. The van der Waals surface area contributed by atoms with Gasteiger partial charge in [0.25, 0.3) is 0 Å². The summed E-state index contributed by atoms with van der Waals surface area (Å²) in [5.74, 6) is -5.60. The van der Waals surface area contributed by atoms with E-state index >= 15 is 0 Å². The topological polar surface area (TPSA) is 301 Å². The first-order chi connectivity index (χ1) is 15.7. The molecular formula is C18H33N9O7. The minimum absolute atomic E-state index is 0.0153. The summed E-state index contributed by atoms with van der Waals surface area (Å²) in [7, 11) is 0. The number of nitrogens with zero attached hydrogens (tertiary/aromatic N) is 1. The summed E-state index contributed by atoms with van der Waals surface area (Å²) in [6.45, 7) is 1.43. The van der Waals surface area contributed by atoms with Gasteiger partial charge in [-0.1, -0.05) is 0 Å². The molecular weight excluding hydrogens is 454 g/mol. The van der Waals surface area contributed by atoms with Crippen molar-refractivity contribution in [2.45, 2.75) is 63.2 Å². The molecule has 0 saturated carbocycles. The fourth-order valence-corrected chi connectivity index (χ4v) is 2.58. The van der Waals surface area contributed by atoms with Crippen molar-refractivity contribution in [3.8, 4) is 0 Å². The van der Waals surface area contributed by atoms with Gasteiger partial charge in [0.2, 0.25) is 29.5 Å². The van der Waals surface area contributed by atoms with E-state index in [2.05, 4.69) is 20.9 Å². The molecule has 0 bridgehead atoms. The fraction of sp³-hybridized carbons (Fsp3) is 0.611. The summed E-state index contributed by atoms with van der Waals surface area (Å²) in [4.78, 5) is 74.3. The van der Waals surface area contributed by atoms with Gasteiger partial charge in [0.1, 0.15) is 18.1 Å². The molecule has 0 radical (unpaired) electrons. The van der Waals surface area contributed by atoms with E-state index in [-0.39, 0.29) is 38.2 Å². The Hall–Kier alpha value is -3.95. The molecule has 0 aromatic carbocycles. The SMILES string of the molecule is CC(NC(=O)C(N)CC(N)=O)C(=O)NC(CCC(N)=O)C(=O)NC(CCCN=C(N)N)C(=O)O. The second kappa shape index (κ2) is 15.0. The number of hydrogen-bond acceptors (Lipinski definition) is 8. The smallest absolute Gasteiger partial charge is 0.326 e. The Balaban J connectivity index is 5.19. The third-order valence-electron chi connectivity index (χ3n) is 4.38. The summed E-state index contributed by atoms with van der Waals surface area (Å²) in [5.41, 5.74) is 26.0. The monoisotopic (exact) mass is 487 g/mol. The first-order valence-electron chi connectivity index (χ1n) is 10.3. The second-order valence-electron chi connectivity index (χ2n) is 7.42. The number of carboxylic acids is 1. The largest absolute Gasteiger partial charge is 0.480 e. The number of amides is 5. The molecule has 0 aromatic heterocycles. The van der Waals surface area contributed by atoms with Gasteiger partial charge in [-0.05, 0) is 26.2 Å². The van der Waals surface area contributed by atoms with Crippen LogP contribution in [0.5, 0.6) is 0 Å². The Labute approximate surface area is 195 Å². The van der Waals surface area contributed by atoms with E-state index in [1.807, 2.05) is 0 Å². The van der Waals surface area contributed by atoms with Crippen molar-refractivity contribution in [2.75, 3.05) is 6.54 Å². The first kappa shape index (κ1) is 30.0. The Morgan fingerprint density at radius 3 is 1.91 bits per heavy atom. The van der Waals surface area contributed by atoms with E-state index in [1.54, 1.807) is 0 Å². The average Bonchev–Trinajstić information content (AvgIpc) is 2.71. The molecule has 0 spiro atoms. The van der Waals surface area contributed by atoms with Crippen LogP contribution in [0.15, 0.2) is 4.99 Å². The van der Waals surface area contributed by atoms with Gasteiger partial charge in [-0.2, -0.15) is 0 Å². The number of carbonyl (C=O) groups excluding carboxylic acids is 5. The van der Waals surface area contributed by atoms with Crippen LogP contribution in [0.3, 0.4) is 0 Å². The molecule has 0 saturated heterocycles. The standard InChI is InChI=1S/C18H33N9O7/c1-8(25-15(31)9(19)7-13(21)29)14(30)26-10(4-5-12(20)28)16(32)27-11(17(33)34)3-2-6-24-18(22)23/h8-11H,2-7,19H2,1H3,(H2,20,28)(H2,21,29)(H,25,31)(H,26,30)(H,27,32)(H,33,34)(H4,22,23,24). The van der Waals surface area contributed by atoms with Gasteiger partial charge in [-0.25, -0.2) is 4.79 Å². The molecule has 0 aliphatic carbocycles.